The van der Waals surface area contributed by atoms with E-state index in [0.717, 1.165) is 21.4 Å². The van der Waals surface area contributed by atoms with E-state index < -0.39 is 0 Å². The summed E-state index contributed by atoms with van der Waals surface area (Å²) in [4.78, 5) is 8.56. The van der Waals surface area contributed by atoms with Crippen molar-refractivity contribution in [1.29, 1.82) is 0 Å². The third-order valence-corrected chi connectivity index (χ3v) is 2.75. The number of hydrogen-bond acceptors (Lipinski definition) is 3. The zero-order valence-electron chi connectivity index (χ0n) is 8.94. The first-order chi connectivity index (χ1) is 7.79. The van der Waals surface area contributed by atoms with Gasteiger partial charge in [-0.1, -0.05) is 28.1 Å². The Morgan fingerprint density at radius 3 is 2.25 bits per heavy atom. The summed E-state index contributed by atoms with van der Waals surface area (Å²) in [5.41, 5.74) is 2.16. The topological polar surface area (TPSA) is 37.8 Å². The van der Waals surface area contributed by atoms with Gasteiger partial charge in [0.1, 0.15) is 5.82 Å². The maximum Gasteiger partial charge on any atom is 0.141 e. The molecule has 1 heterocycles. The summed E-state index contributed by atoms with van der Waals surface area (Å²) in [5, 5.41) is 3.02. The molecule has 1 aromatic heterocycles. The molecule has 0 amide bonds. The van der Waals surface area contributed by atoms with Crippen molar-refractivity contribution in [3.63, 3.8) is 0 Å². The summed E-state index contributed by atoms with van der Waals surface area (Å²) in [6, 6.07) is 8.11. The molecule has 0 saturated heterocycles. The Hall–Kier alpha value is -1.26. The predicted octanol–water partition coefficient (Wildman–Crippen LogP) is 2.63. The first-order valence-corrected chi connectivity index (χ1v) is 5.80. The lowest BCUT2D eigenvalue weighted by Gasteiger charge is -2.02. The largest absolute Gasteiger partial charge is 0.313 e. The Balaban J connectivity index is 2.24. The Morgan fingerprint density at radius 2 is 1.69 bits per heavy atom. The van der Waals surface area contributed by atoms with Crippen molar-refractivity contribution in [3.8, 4) is 11.1 Å². The van der Waals surface area contributed by atoms with Crippen LogP contribution in [0.25, 0.3) is 11.1 Å². The van der Waals surface area contributed by atoms with E-state index in [9.17, 15) is 0 Å². The van der Waals surface area contributed by atoms with Gasteiger partial charge in [0.05, 0.1) is 6.54 Å². The summed E-state index contributed by atoms with van der Waals surface area (Å²) in [6.45, 7) is 0.695. The molecule has 3 nitrogen and oxygen atoms in total. The highest BCUT2D eigenvalue weighted by atomic mass is 79.9. The third-order valence-electron chi connectivity index (χ3n) is 2.22. The van der Waals surface area contributed by atoms with E-state index in [1.54, 1.807) is 0 Å². The van der Waals surface area contributed by atoms with Crippen LogP contribution in [0.1, 0.15) is 5.82 Å². The Morgan fingerprint density at radius 1 is 1.06 bits per heavy atom. The number of benzene rings is 1. The number of halogens is 1. The van der Waals surface area contributed by atoms with Gasteiger partial charge < -0.3 is 5.32 Å². The Bertz CT molecular complexity index is 451. The van der Waals surface area contributed by atoms with Gasteiger partial charge in [0.2, 0.25) is 0 Å². The molecule has 1 aromatic carbocycles. The number of aromatic nitrogens is 2. The van der Waals surface area contributed by atoms with Crippen LogP contribution in [0.15, 0.2) is 41.1 Å². The fourth-order valence-electron chi connectivity index (χ4n) is 1.40. The molecule has 0 aliphatic carbocycles. The zero-order chi connectivity index (χ0) is 11.4. The van der Waals surface area contributed by atoms with Crippen molar-refractivity contribution >= 4 is 15.9 Å². The van der Waals surface area contributed by atoms with Crippen molar-refractivity contribution in [2.45, 2.75) is 6.54 Å². The molecule has 0 unspecified atom stereocenters. The minimum Gasteiger partial charge on any atom is -0.313 e. The number of hydrogen-bond donors (Lipinski definition) is 1. The van der Waals surface area contributed by atoms with Gasteiger partial charge in [-0.25, -0.2) is 9.97 Å². The summed E-state index contributed by atoms with van der Waals surface area (Å²) >= 11 is 3.41. The second-order valence-electron chi connectivity index (χ2n) is 3.43. The van der Waals surface area contributed by atoms with Gasteiger partial charge in [0, 0.05) is 22.4 Å². The van der Waals surface area contributed by atoms with Crippen LogP contribution in [0, 0.1) is 0 Å². The van der Waals surface area contributed by atoms with Gasteiger partial charge in [-0.2, -0.15) is 0 Å². The van der Waals surface area contributed by atoms with Crippen molar-refractivity contribution < 1.29 is 0 Å². The maximum atomic E-state index is 4.28. The first kappa shape index (κ1) is 11.2. The normalized spacial score (nSPS) is 10.4. The van der Waals surface area contributed by atoms with Crippen LogP contribution in [0.3, 0.4) is 0 Å². The molecule has 2 aromatic rings. The highest BCUT2D eigenvalue weighted by Gasteiger charge is 1.99. The molecule has 0 fully saturated rings. The Kier molecular flexibility index (Phi) is 3.64. The standard InChI is InChI=1S/C12H12BrN3/c1-14-8-12-15-6-10(7-16-12)9-2-4-11(13)5-3-9/h2-7,14H,8H2,1H3. The minimum atomic E-state index is 0.695. The molecule has 16 heavy (non-hydrogen) atoms. The van der Waals surface area contributed by atoms with Crippen LogP contribution in [0.2, 0.25) is 0 Å². The van der Waals surface area contributed by atoms with Crippen LogP contribution in [0.5, 0.6) is 0 Å². The van der Waals surface area contributed by atoms with E-state index in [4.69, 9.17) is 0 Å². The van der Waals surface area contributed by atoms with Crippen LogP contribution in [-0.4, -0.2) is 17.0 Å². The van der Waals surface area contributed by atoms with Crippen molar-refractivity contribution in [2.24, 2.45) is 0 Å². The summed E-state index contributed by atoms with van der Waals surface area (Å²) < 4.78 is 1.07. The highest BCUT2D eigenvalue weighted by molar-refractivity contribution is 9.10. The van der Waals surface area contributed by atoms with Gasteiger partial charge in [0.25, 0.3) is 0 Å². The van der Waals surface area contributed by atoms with Crippen molar-refractivity contribution in [2.75, 3.05) is 7.05 Å². The molecular weight excluding hydrogens is 266 g/mol. The molecule has 2 rings (SSSR count). The van der Waals surface area contributed by atoms with Crippen molar-refractivity contribution in [3.05, 3.63) is 47.0 Å². The second-order valence-corrected chi connectivity index (χ2v) is 4.34. The molecule has 0 spiro atoms. The average molecular weight is 278 g/mol. The van der Waals surface area contributed by atoms with Gasteiger partial charge in [-0.05, 0) is 24.7 Å². The lowest BCUT2D eigenvalue weighted by atomic mass is 10.1. The number of nitrogens with zero attached hydrogens (tertiary/aromatic N) is 2. The third kappa shape index (κ3) is 2.65. The van der Waals surface area contributed by atoms with E-state index in [-0.39, 0.29) is 0 Å². The molecule has 0 atom stereocenters. The summed E-state index contributed by atoms with van der Waals surface area (Å²) in [5.74, 6) is 0.809. The van der Waals surface area contributed by atoms with Crippen molar-refractivity contribution in [1.82, 2.24) is 15.3 Å². The molecule has 1 N–H and O–H groups in total. The quantitative estimate of drug-likeness (QED) is 0.937. The SMILES string of the molecule is CNCc1ncc(-c2ccc(Br)cc2)cn1. The molecule has 0 radical (unpaired) electrons. The van der Waals surface area contributed by atoms with Crippen LogP contribution in [0.4, 0.5) is 0 Å². The monoisotopic (exact) mass is 277 g/mol. The Labute approximate surface area is 103 Å². The van der Waals surface area contributed by atoms with Crippen LogP contribution < -0.4 is 5.32 Å². The molecule has 4 heteroatoms. The average Bonchev–Trinajstić information content (AvgIpc) is 2.32. The van der Waals surface area contributed by atoms with Gasteiger partial charge in [0.15, 0.2) is 0 Å². The lowest BCUT2D eigenvalue weighted by Crippen LogP contribution is -2.08. The molecular formula is C12H12BrN3. The highest BCUT2D eigenvalue weighted by Crippen LogP contribution is 2.20. The number of nitrogens with one attached hydrogen (secondary N) is 1. The molecule has 0 aliphatic rings. The fourth-order valence-corrected chi connectivity index (χ4v) is 1.66. The maximum absolute atomic E-state index is 4.28. The second kappa shape index (κ2) is 5.18. The van der Waals surface area contributed by atoms with Crippen LogP contribution in [-0.2, 0) is 6.54 Å². The van der Waals surface area contributed by atoms with Gasteiger partial charge in [-0.3, -0.25) is 0 Å². The lowest BCUT2D eigenvalue weighted by molar-refractivity contribution is 0.758. The van der Waals surface area contributed by atoms with Gasteiger partial charge >= 0.3 is 0 Å². The molecule has 82 valence electrons. The number of rotatable bonds is 3. The summed E-state index contributed by atoms with van der Waals surface area (Å²) in [7, 11) is 1.88. The van der Waals surface area contributed by atoms with E-state index in [1.807, 2.05) is 43.7 Å². The van der Waals surface area contributed by atoms with E-state index in [0.29, 0.717) is 6.54 Å². The minimum absolute atomic E-state index is 0.695. The predicted molar refractivity (Wildman–Crippen MR) is 67.9 cm³/mol. The molecule has 0 bridgehead atoms. The zero-order valence-corrected chi connectivity index (χ0v) is 10.5. The summed E-state index contributed by atoms with van der Waals surface area (Å²) in [6.07, 6.45) is 3.70. The molecule has 0 aliphatic heterocycles. The van der Waals surface area contributed by atoms with E-state index in [1.165, 1.54) is 0 Å². The smallest absolute Gasteiger partial charge is 0.141 e. The molecule has 0 saturated carbocycles. The van der Waals surface area contributed by atoms with E-state index >= 15 is 0 Å². The van der Waals surface area contributed by atoms with E-state index in [2.05, 4.69) is 31.2 Å². The fraction of sp³-hybridized carbons (Fsp3) is 0.167. The van der Waals surface area contributed by atoms with Crippen LogP contribution >= 0.6 is 15.9 Å². The first-order valence-electron chi connectivity index (χ1n) is 5.01. The van der Waals surface area contributed by atoms with Gasteiger partial charge in [-0.15, -0.1) is 0 Å².